The largest absolute Gasteiger partial charge is 0.468 e. The van der Waals surface area contributed by atoms with Gasteiger partial charge in [0.05, 0.1) is 7.11 Å². The first-order valence-electron chi connectivity index (χ1n) is 5.69. The van der Waals surface area contributed by atoms with Gasteiger partial charge in [-0.25, -0.2) is 0 Å². The van der Waals surface area contributed by atoms with Crippen molar-refractivity contribution in [2.75, 3.05) is 7.11 Å². The van der Waals surface area contributed by atoms with Crippen molar-refractivity contribution in [3.63, 3.8) is 0 Å². The van der Waals surface area contributed by atoms with Crippen molar-refractivity contribution < 1.29 is 9.53 Å². The number of carbonyl (C=O) groups excluding carboxylic acids is 1. The van der Waals surface area contributed by atoms with E-state index >= 15 is 0 Å². The topological polar surface area (TPSA) is 54.1 Å². The molecule has 0 aliphatic carbocycles. The Morgan fingerprint density at radius 1 is 1.37 bits per heavy atom. The highest BCUT2D eigenvalue weighted by Crippen LogP contribution is 2.26. The van der Waals surface area contributed by atoms with Crippen LogP contribution in [0.4, 0.5) is 0 Å². The number of carbonyl (C=O) groups is 1. The standard InChI is InChI=1S/C13H14N2O2.CH4.ClH/c1-17-13(16)11-6-9-8-4-2-3-5-10(8)15-12(9)7-14-11;;/h2-5,11,14-15H,6-7H2,1H3;1H4;1H. The summed E-state index contributed by atoms with van der Waals surface area (Å²) < 4.78 is 4.78. The molecule has 0 saturated heterocycles. The fraction of sp³-hybridized carbons (Fsp3) is 0.357. The smallest absolute Gasteiger partial charge is 0.323 e. The fourth-order valence-electron chi connectivity index (χ4n) is 2.45. The number of methoxy groups -OCH3 is 1. The summed E-state index contributed by atoms with van der Waals surface area (Å²) in [5.74, 6) is -0.194. The number of para-hydroxylation sites is 1. The van der Waals surface area contributed by atoms with E-state index in [0.29, 0.717) is 13.0 Å². The van der Waals surface area contributed by atoms with E-state index in [1.165, 1.54) is 23.8 Å². The summed E-state index contributed by atoms with van der Waals surface area (Å²) in [6.45, 7) is 0.684. The molecule has 1 atom stereocenters. The molecule has 0 fully saturated rings. The minimum Gasteiger partial charge on any atom is -0.468 e. The van der Waals surface area contributed by atoms with Crippen LogP contribution in [-0.2, 0) is 22.5 Å². The molecule has 2 N–H and O–H groups in total. The first-order chi connectivity index (χ1) is 8.29. The maximum absolute atomic E-state index is 11.5. The Bertz CT molecular complexity index is 580. The van der Waals surface area contributed by atoms with Gasteiger partial charge < -0.3 is 9.72 Å². The average molecular weight is 283 g/mol. The van der Waals surface area contributed by atoms with E-state index in [1.54, 1.807) is 0 Å². The summed E-state index contributed by atoms with van der Waals surface area (Å²) in [5, 5.41) is 4.39. The molecule has 1 aliphatic rings. The number of ether oxygens (including phenoxy) is 1. The van der Waals surface area contributed by atoms with Gasteiger partial charge in [-0.2, -0.15) is 0 Å². The maximum Gasteiger partial charge on any atom is 0.323 e. The monoisotopic (exact) mass is 282 g/mol. The van der Waals surface area contributed by atoms with E-state index in [4.69, 9.17) is 4.74 Å². The second-order valence-electron chi connectivity index (χ2n) is 4.29. The number of esters is 1. The van der Waals surface area contributed by atoms with Gasteiger partial charge in [-0.3, -0.25) is 10.1 Å². The summed E-state index contributed by atoms with van der Waals surface area (Å²) in [7, 11) is 1.43. The van der Waals surface area contributed by atoms with Crippen molar-refractivity contribution >= 4 is 29.3 Å². The number of hydrogen-bond acceptors (Lipinski definition) is 3. The lowest BCUT2D eigenvalue weighted by Gasteiger charge is -2.21. The SMILES string of the molecule is C.COC(=O)C1Cc2c([nH]c3ccccc23)CN1.Cl. The number of fused-ring (bicyclic) bond motifs is 3. The van der Waals surface area contributed by atoms with E-state index in [1.807, 2.05) is 12.1 Å². The number of nitrogens with one attached hydrogen (secondary N) is 2. The second-order valence-corrected chi connectivity index (χ2v) is 4.29. The Balaban J connectivity index is 0.000000902. The molecule has 5 heteroatoms. The van der Waals surface area contributed by atoms with E-state index < -0.39 is 0 Å². The number of H-pyrrole nitrogens is 1. The van der Waals surface area contributed by atoms with Crippen LogP contribution in [0.3, 0.4) is 0 Å². The predicted octanol–water partition coefficient (Wildman–Crippen LogP) is 2.41. The lowest BCUT2D eigenvalue weighted by atomic mass is 9.99. The van der Waals surface area contributed by atoms with Gasteiger partial charge in [0.25, 0.3) is 0 Å². The van der Waals surface area contributed by atoms with E-state index in [0.717, 1.165) is 5.52 Å². The van der Waals surface area contributed by atoms with Crippen LogP contribution in [-0.4, -0.2) is 24.1 Å². The average Bonchev–Trinajstić information content (AvgIpc) is 2.75. The molecule has 0 bridgehead atoms. The van der Waals surface area contributed by atoms with Gasteiger partial charge in [0.2, 0.25) is 0 Å². The minimum atomic E-state index is -0.230. The van der Waals surface area contributed by atoms with Gasteiger partial charge in [-0.05, 0) is 11.6 Å². The quantitative estimate of drug-likeness (QED) is 0.790. The van der Waals surface area contributed by atoms with Crippen LogP contribution in [0.2, 0.25) is 0 Å². The Morgan fingerprint density at radius 3 is 2.84 bits per heavy atom. The molecule has 19 heavy (non-hydrogen) atoms. The molecular formula is C14H19ClN2O2. The summed E-state index contributed by atoms with van der Waals surface area (Å²) in [6.07, 6.45) is 0.687. The Hall–Kier alpha value is -1.52. The van der Waals surface area contributed by atoms with Gasteiger partial charge >= 0.3 is 5.97 Å². The van der Waals surface area contributed by atoms with Gasteiger partial charge in [-0.15, -0.1) is 12.4 Å². The van der Waals surface area contributed by atoms with Crippen molar-refractivity contribution in [1.29, 1.82) is 0 Å². The molecule has 0 radical (unpaired) electrons. The Kier molecular flexibility index (Phi) is 4.97. The number of benzene rings is 1. The van der Waals surface area contributed by atoms with Crippen molar-refractivity contribution in [1.82, 2.24) is 10.3 Å². The number of rotatable bonds is 1. The molecule has 104 valence electrons. The van der Waals surface area contributed by atoms with Crippen LogP contribution >= 0.6 is 12.4 Å². The van der Waals surface area contributed by atoms with Crippen LogP contribution in [0.5, 0.6) is 0 Å². The van der Waals surface area contributed by atoms with Crippen molar-refractivity contribution in [2.45, 2.75) is 26.4 Å². The zero-order valence-corrected chi connectivity index (χ0v) is 10.8. The summed E-state index contributed by atoms with van der Waals surface area (Å²) in [5.41, 5.74) is 3.53. The van der Waals surface area contributed by atoms with Crippen LogP contribution in [0.15, 0.2) is 24.3 Å². The number of hydrogen-bond donors (Lipinski definition) is 2. The molecule has 3 rings (SSSR count). The second kappa shape index (κ2) is 6.08. The molecule has 1 unspecified atom stereocenters. The molecule has 2 aromatic rings. The van der Waals surface area contributed by atoms with Crippen molar-refractivity contribution in [3.8, 4) is 0 Å². The predicted molar refractivity (Wildman–Crippen MR) is 78.6 cm³/mol. The lowest BCUT2D eigenvalue weighted by Crippen LogP contribution is -2.42. The molecule has 1 aliphatic heterocycles. The molecular weight excluding hydrogens is 264 g/mol. The first-order valence-corrected chi connectivity index (χ1v) is 5.69. The van der Waals surface area contributed by atoms with E-state index in [2.05, 4.69) is 22.4 Å². The third kappa shape index (κ3) is 2.60. The molecule has 0 saturated carbocycles. The highest BCUT2D eigenvalue weighted by atomic mass is 35.5. The highest BCUT2D eigenvalue weighted by Gasteiger charge is 2.27. The fourth-order valence-corrected chi connectivity index (χ4v) is 2.45. The third-order valence-corrected chi connectivity index (χ3v) is 3.32. The van der Waals surface area contributed by atoms with Gasteiger partial charge in [0, 0.05) is 29.6 Å². The molecule has 0 amide bonds. The normalized spacial score (nSPS) is 17.0. The zero-order valence-electron chi connectivity index (χ0n) is 10.0. The third-order valence-electron chi connectivity index (χ3n) is 3.32. The first kappa shape index (κ1) is 15.5. The Labute approximate surface area is 118 Å². The summed E-state index contributed by atoms with van der Waals surface area (Å²) in [4.78, 5) is 14.9. The lowest BCUT2D eigenvalue weighted by molar-refractivity contribution is -0.143. The van der Waals surface area contributed by atoms with Crippen LogP contribution in [0, 0.1) is 0 Å². The molecule has 1 aromatic carbocycles. The minimum absolute atomic E-state index is 0. The maximum atomic E-state index is 11.5. The van der Waals surface area contributed by atoms with Crippen molar-refractivity contribution in [3.05, 3.63) is 35.5 Å². The van der Waals surface area contributed by atoms with Crippen LogP contribution in [0.25, 0.3) is 10.9 Å². The summed E-state index contributed by atoms with van der Waals surface area (Å²) in [6, 6.07) is 7.94. The van der Waals surface area contributed by atoms with Gasteiger partial charge in [-0.1, -0.05) is 25.6 Å². The number of halogens is 1. The summed E-state index contributed by atoms with van der Waals surface area (Å²) >= 11 is 0. The van der Waals surface area contributed by atoms with Crippen molar-refractivity contribution in [2.24, 2.45) is 0 Å². The molecule has 1 aromatic heterocycles. The van der Waals surface area contributed by atoms with Crippen LogP contribution < -0.4 is 5.32 Å². The molecule has 2 heterocycles. The molecule has 4 nitrogen and oxygen atoms in total. The van der Waals surface area contributed by atoms with Gasteiger partial charge in [0.15, 0.2) is 0 Å². The Morgan fingerprint density at radius 2 is 2.11 bits per heavy atom. The van der Waals surface area contributed by atoms with E-state index in [9.17, 15) is 4.79 Å². The molecule has 0 spiro atoms. The van der Waals surface area contributed by atoms with Gasteiger partial charge in [0.1, 0.15) is 6.04 Å². The highest BCUT2D eigenvalue weighted by molar-refractivity contribution is 5.86. The number of aromatic amines is 1. The van der Waals surface area contributed by atoms with Crippen LogP contribution in [0.1, 0.15) is 18.7 Å². The van der Waals surface area contributed by atoms with E-state index in [-0.39, 0.29) is 31.8 Å². The zero-order chi connectivity index (χ0) is 11.8. The number of aromatic nitrogens is 1.